The maximum Gasteiger partial charge on any atom is 0.310 e. The van der Waals surface area contributed by atoms with E-state index in [1.165, 1.54) is 5.56 Å². The molecule has 2 nitrogen and oxygen atoms in total. The Kier molecular flexibility index (Phi) is 4.78. The highest BCUT2D eigenvalue weighted by Crippen LogP contribution is 2.31. The summed E-state index contributed by atoms with van der Waals surface area (Å²) in [6.07, 6.45) is 0.721. The second-order valence-corrected chi connectivity index (χ2v) is 7.14. The summed E-state index contributed by atoms with van der Waals surface area (Å²) < 4.78 is 5.56. The van der Waals surface area contributed by atoms with E-state index in [1.54, 1.807) is 0 Å². The molecule has 0 saturated carbocycles. The van der Waals surface area contributed by atoms with Gasteiger partial charge in [0.2, 0.25) is 0 Å². The van der Waals surface area contributed by atoms with E-state index in [2.05, 4.69) is 32.9 Å². The average Bonchev–Trinajstić information content (AvgIpc) is 2.23. The molecule has 2 heteroatoms. The molecule has 0 bridgehead atoms. The van der Waals surface area contributed by atoms with E-state index in [9.17, 15) is 4.79 Å². The Labute approximate surface area is 117 Å². The predicted molar refractivity (Wildman–Crippen MR) is 78.9 cm³/mol. The first-order valence-corrected chi connectivity index (χ1v) is 6.86. The van der Waals surface area contributed by atoms with Gasteiger partial charge in [-0.1, -0.05) is 51.1 Å². The number of esters is 1. The van der Waals surface area contributed by atoms with Gasteiger partial charge in [-0.25, -0.2) is 0 Å². The molecule has 0 heterocycles. The predicted octanol–water partition coefficient (Wildman–Crippen LogP) is 4.23. The lowest BCUT2D eigenvalue weighted by atomic mass is 9.77. The van der Waals surface area contributed by atoms with Crippen LogP contribution < -0.4 is 0 Å². The second kappa shape index (κ2) is 5.77. The second-order valence-electron chi connectivity index (χ2n) is 7.14. The molecule has 0 radical (unpaired) electrons. The number of hydrogen-bond donors (Lipinski definition) is 0. The van der Waals surface area contributed by atoms with Gasteiger partial charge in [0.1, 0.15) is 5.60 Å². The Bertz CT molecular complexity index is 407. The van der Waals surface area contributed by atoms with E-state index in [0.29, 0.717) is 0 Å². The molecule has 106 valence electrons. The molecule has 1 aromatic carbocycles. The molecule has 0 amide bonds. The molecule has 0 N–H and O–H groups in total. The van der Waals surface area contributed by atoms with Crippen LogP contribution in [-0.4, -0.2) is 11.6 Å². The van der Waals surface area contributed by atoms with Crippen molar-refractivity contribution in [2.24, 2.45) is 11.3 Å². The first-order chi connectivity index (χ1) is 8.59. The fraction of sp³-hybridized carbons (Fsp3) is 0.588. The van der Waals surface area contributed by atoms with Crippen LogP contribution >= 0.6 is 0 Å². The molecule has 1 unspecified atom stereocenters. The van der Waals surface area contributed by atoms with Gasteiger partial charge in [0, 0.05) is 0 Å². The van der Waals surface area contributed by atoms with Crippen molar-refractivity contribution in [3.05, 3.63) is 35.9 Å². The fourth-order valence-corrected chi connectivity index (χ4v) is 1.97. The van der Waals surface area contributed by atoms with Gasteiger partial charge in [0.05, 0.1) is 5.92 Å². The molecule has 0 aromatic heterocycles. The van der Waals surface area contributed by atoms with Gasteiger partial charge in [-0.15, -0.1) is 0 Å². The molecule has 1 aromatic rings. The molecule has 0 aliphatic heterocycles. The number of ether oxygens (including phenoxy) is 1. The quantitative estimate of drug-likeness (QED) is 0.762. The van der Waals surface area contributed by atoms with Crippen molar-refractivity contribution in [2.75, 3.05) is 0 Å². The lowest BCUT2D eigenvalue weighted by Gasteiger charge is -2.32. The van der Waals surface area contributed by atoms with E-state index in [1.807, 2.05) is 39.0 Å². The summed E-state index contributed by atoms with van der Waals surface area (Å²) in [5.74, 6) is -0.238. The Morgan fingerprint density at radius 2 is 1.58 bits per heavy atom. The Morgan fingerprint density at radius 3 is 2.00 bits per heavy atom. The number of rotatable bonds is 3. The van der Waals surface area contributed by atoms with Gasteiger partial charge < -0.3 is 4.74 Å². The van der Waals surface area contributed by atoms with Gasteiger partial charge in [-0.05, 0) is 38.2 Å². The Morgan fingerprint density at radius 1 is 1.05 bits per heavy atom. The minimum Gasteiger partial charge on any atom is -0.460 e. The average molecular weight is 262 g/mol. The van der Waals surface area contributed by atoms with Gasteiger partial charge in [-0.3, -0.25) is 4.79 Å². The van der Waals surface area contributed by atoms with E-state index < -0.39 is 5.60 Å². The maximum atomic E-state index is 12.4. The summed E-state index contributed by atoms with van der Waals surface area (Å²) in [5.41, 5.74) is 0.628. The first-order valence-electron chi connectivity index (χ1n) is 6.86. The molecule has 0 saturated heterocycles. The normalized spacial score (nSPS) is 14.0. The molecule has 19 heavy (non-hydrogen) atoms. The van der Waals surface area contributed by atoms with Crippen LogP contribution in [0.15, 0.2) is 30.3 Å². The summed E-state index contributed by atoms with van der Waals surface area (Å²) in [5, 5.41) is 0. The minimum absolute atomic E-state index is 0.108. The molecular formula is C17H26O2. The van der Waals surface area contributed by atoms with Crippen LogP contribution in [0.2, 0.25) is 0 Å². The number of benzene rings is 1. The molecule has 1 atom stereocenters. The highest BCUT2D eigenvalue weighted by molar-refractivity contribution is 5.74. The smallest absolute Gasteiger partial charge is 0.310 e. The first kappa shape index (κ1) is 15.7. The van der Waals surface area contributed by atoms with Crippen molar-refractivity contribution >= 4 is 5.97 Å². The lowest BCUT2D eigenvalue weighted by molar-refractivity contribution is -0.163. The van der Waals surface area contributed by atoms with Gasteiger partial charge in [0.15, 0.2) is 0 Å². The monoisotopic (exact) mass is 262 g/mol. The molecule has 1 rings (SSSR count). The van der Waals surface area contributed by atoms with E-state index in [-0.39, 0.29) is 17.3 Å². The van der Waals surface area contributed by atoms with Crippen molar-refractivity contribution in [3.8, 4) is 0 Å². The molecule has 0 aliphatic carbocycles. The maximum absolute atomic E-state index is 12.4. The van der Waals surface area contributed by atoms with Crippen LogP contribution in [0.4, 0.5) is 0 Å². The molecule has 0 spiro atoms. The Balaban J connectivity index is 2.88. The van der Waals surface area contributed by atoms with Crippen molar-refractivity contribution in [1.29, 1.82) is 0 Å². The third-order valence-electron chi connectivity index (χ3n) is 3.02. The van der Waals surface area contributed by atoms with Crippen LogP contribution in [0.1, 0.15) is 47.1 Å². The molecular weight excluding hydrogens is 236 g/mol. The van der Waals surface area contributed by atoms with Crippen molar-refractivity contribution in [2.45, 2.75) is 53.6 Å². The van der Waals surface area contributed by atoms with E-state index in [0.717, 1.165) is 6.42 Å². The van der Waals surface area contributed by atoms with E-state index >= 15 is 0 Å². The van der Waals surface area contributed by atoms with Crippen LogP contribution in [0, 0.1) is 11.3 Å². The highest BCUT2D eigenvalue weighted by atomic mass is 16.6. The minimum atomic E-state index is -0.433. The summed E-state index contributed by atoms with van der Waals surface area (Å²) in [6, 6.07) is 10.1. The van der Waals surface area contributed by atoms with Crippen LogP contribution in [0.25, 0.3) is 0 Å². The number of carbonyl (C=O) groups excluding carboxylic acids is 1. The summed E-state index contributed by atoms with van der Waals surface area (Å²) in [6.45, 7) is 12.0. The third-order valence-corrected chi connectivity index (χ3v) is 3.02. The Hall–Kier alpha value is -1.31. The van der Waals surface area contributed by atoms with Crippen molar-refractivity contribution < 1.29 is 9.53 Å². The zero-order valence-electron chi connectivity index (χ0n) is 13.0. The fourth-order valence-electron chi connectivity index (χ4n) is 1.97. The van der Waals surface area contributed by atoms with Gasteiger partial charge >= 0.3 is 5.97 Å². The third kappa shape index (κ3) is 5.46. The SMILES string of the molecule is CC(C)(C)OC(=O)C(Cc1ccccc1)C(C)(C)C. The number of carbonyl (C=O) groups is 1. The lowest BCUT2D eigenvalue weighted by Crippen LogP contribution is -2.36. The van der Waals surface area contributed by atoms with Crippen LogP contribution in [0.5, 0.6) is 0 Å². The summed E-state index contributed by atoms with van der Waals surface area (Å²) in [4.78, 5) is 12.4. The molecule has 0 aliphatic rings. The van der Waals surface area contributed by atoms with Crippen molar-refractivity contribution in [3.63, 3.8) is 0 Å². The highest BCUT2D eigenvalue weighted by Gasteiger charge is 2.34. The number of hydrogen-bond acceptors (Lipinski definition) is 2. The van der Waals surface area contributed by atoms with Gasteiger partial charge in [0.25, 0.3) is 0 Å². The zero-order chi connectivity index (χ0) is 14.7. The summed E-state index contributed by atoms with van der Waals surface area (Å²) in [7, 11) is 0. The zero-order valence-corrected chi connectivity index (χ0v) is 13.0. The standard InChI is InChI=1S/C17H26O2/c1-16(2,3)14(15(18)19-17(4,5)6)12-13-10-8-7-9-11-13/h7-11,14H,12H2,1-6H3. The topological polar surface area (TPSA) is 26.3 Å². The van der Waals surface area contributed by atoms with Crippen molar-refractivity contribution in [1.82, 2.24) is 0 Å². The molecule has 0 fully saturated rings. The summed E-state index contributed by atoms with van der Waals surface area (Å²) >= 11 is 0. The van der Waals surface area contributed by atoms with Gasteiger partial charge in [-0.2, -0.15) is 0 Å². The largest absolute Gasteiger partial charge is 0.460 e. The van der Waals surface area contributed by atoms with Crippen LogP contribution in [0.3, 0.4) is 0 Å². The van der Waals surface area contributed by atoms with Crippen LogP contribution in [-0.2, 0) is 16.0 Å². The van der Waals surface area contributed by atoms with E-state index in [4.69, 9.17) is 4.74 Å².